The molecule has 134 valence electrons. The summed E-state index contributed by atoms with van der Waals surface area (Å²) in [5.74, 6) is -0.985. The van der Waals surface area contributed by atoms with Crippen molar-refractivity contribution in [2.24, 2.45) is 5.73 Å². The number of nitrogens with one attached hydrogen (secondary N) is 1. The van der Waals surface area contributed by atoms with E-state index in [1.54, 1.807) is 5.32 Å². The van der Waals surface area contributed by atoms with E-state index in [4.69, 9.17) is 5.73 Å². The third-order valence-electron chi connectivity index (χ3n) is 3.75. The van der Waals surface area contributed by atoms with Crippen molar-refractivity contribution in [2.45, 2.75) is 30.0 Å². The van der Waals surface area contributed by atoms with Crippen molar-refractivity contribution in [3.8, 4) is 0 Å². The summed E-state index contributed by atoms with van der Waals surface area (Å²) < 4.78 is 63.1. The summed E-state index contributed by atoms with van der Waals surface area (Å²) in [7, 11) is -3.85. The van der Waals surface area contributed by atoms with Gasteiger partial charge >= 0.3 is 6.18 Å². The zero-order valence-corrected chi connectivity index (χ0v) is 13.5. The maximum Gasteiger partial charge on any atom is 0.405 e. The molecule has 1 aliphatic heterocycles. The molecule has 3 N–H and O–H groups in total. The predicted molar refractivity (Wildman–Crippen MR) is 80.8 cm³/mol. The van der Waals surface area contributed by atoms with E-state index >= 15 is 0 Å². The minimum absolute atomic E-state index is 0.137. The SMILES string of the molecule is NCC1CCCN1S(=O)(=O)c1cccc(C(=O)NCC(F)(F)F)c1. The van der Waals surface area contributed by atoms with Crippen LogP contribution in [0.1, 0.15) is 23.2 Å². The average Bonchev–Trinajstić information content (AvgIpc) is 3.01. The van der Waals surface area contributed by atoms with Crippen LogP contribution >= 0.6 is 0 Å². The van der Waals surface area contributed by atoms with Crippen LogP contribution in [-0.2, 0) is 10.0 Å². The molecule has 1 atom stereocenters. The van der Waals surface area contributed by atoms with Crippen molar-refractivity contribution in [3.05, 3.63) is 29.8 Å². The second-order valence-electron chi connectivity index (χ2n) is 5.47. The Kier molecular flexibility index (Phi) is 5.51. The van der Waals surface area contributed by atoms with E-state index in [1.165, 1.54) is 22.5 Å². The van der Waals surface area contributed by atoms with Crippen LogP contribution in [0.2, 0.25) is 0 Å². The zero-order chi connectivity index (χ0) is 18.0. The smallest absolute Gasteiger partial charge is 0.343 e. The summed E-state index contributed by atoms with van der Waals surface area (Å²) in [6.45, 7) is -0.968. The number of nitrogens with zero attached hydrogens (tertiary/aromatic N) is 1. The summed E-state index contributed by atoms with van der Waals surface area (Å²) in [6, 6.07) is 4.66. The highest BCUT2D eigenvalue weighted by Crippen LogP contribution is 2.26. The fourth-order valence-corrected chi connectivity index (χ4v) is 4.33. The van der Waals surface area contributed by atoms with Gasteiger partial charge in [-0.3, -0.25) is 4.79 Å². The van der Waals surface area contributed by atoms with Gasteiger partial charge in [-0.2, -0.15) is 17.5 Å². The lowest BCUT2D eigenvalue weighted by atomic mass is 10.2. The first kappa shape index (κ1) is 18.7. The predicted octanol–water partition coefficient (Wildman–Crippen LogP) is 1.09. The van der Waals surface area contributed by atoms with Gasteiger partial charge in [-0.25, -0.2) is 8.42 Å². The second-order valence-corrected chi connectivity index (χ2v) is 7.36. The van der Waals surface area contributed by atoms with E-state index in [1.807, 2.05) is 0 Å². The first-order valence-electron chi connectivity index (χ1n) is 7.32. The number of alkyl halides is 3. The van der Waals surface area contributed by atoms with Gasteiger partial charge < -0.3 is 11.1 Å². The molecule has 2 rings (SSSR count). The Labute approximate surface area is 137 Å². The van der Waals surface area contributed by atoms with Crippen LogP contribution in [-0.4, -0.2) is 50.5 Å². The van der Waals surface area contributed by atoms with E-state index in [0.29, 0.717) is 19.4 Å². The van der Waals surface area contributed by atoms with Crippen LogP contribution in [0.25, 0.3) is 0 Å². The molecule has 1 aliphatic rings. The molecule has 0 saturated carbocycles. The lowest BCUT2D eigenvalue weighted by Gasteiger charge is -2.23. The number of sulfonamides is 1. The summed E-state index contributed by atoms with van der Waals surface area (Å²) in [6.07, 6.45) is -3.20. The molecule has 0 bridgehead atoms. The van der Waals surface area contributed by atoms with Crippen LogP contribution in [0.4, 0.5) is 13.2 Å². The van der Waals surface area contributed by atoms with Gasteiger partial charge in [0.1, 0.15) is 6.54 Å². The van der Waals surface area contributed by atoms with Crippen molar-refractivity contribution >= 4 is 15.9 Å². The first-order valence-corrected chi connectivity index (χ1v) is 8.76. The van der Waals surface area contributed by atoms with Crippen LogP contribution in [0.3, 0.4) is 0 Å². The maximum atomic E-state index is 12.7. The Morgan fingerprint density at radius 3 is 2.71 bits per heavy atom. The fourth-order valence-electron chi connectivity index (χ4n) is 2.58. The van der Waals surface area contributed by atoms with Crippen LogP contribution < -0.4 is 11.1 Å². The van der Waals surface area contributed by atoms with Crippen molar-refractivity contribution < 1.29 is 26.4 Å². The van der Waals surface area contributed by atoms with E-state index in [-0.39, 0.29) is 23.0 Å². The monoisotopic (exact) mass is 365 g/mol. The number of hydrogen-bond acceptors (Lipinski definition) is 4. The van der Waals surface area contributed by atoms with Crippen molar-refractivity contribution in [1.29, 1.82) is 0 Å². The highest BCUT2D eigenvalue weighted by Gasteiger charge is 2.34. The number of benzene rings is 1. The Hall–Kier alpha value is -1.65. The summed E-state index contributed by atoms with van der Waals surface area (Å²) in [5, 5.41) is 1.71. The second kappa shape index (κ2) is 7.08. The molecular weight excluding hydrogens is 347 g/mol. The van der Waals surface area contributed by atoms with E-state index in [0.717, 1.165) is 6.07 Å². The standard InChI is InChI=1S/C14H18F3N3O3S/c15-14(16,17)9-19-13(21)10-3-1-5-12(7-10)24(22,23)20-6-2-4-11(20)8-18/h1,3,5,7,11H,2,4,6,8-9,18H2,(H,19,21). The summed E-state index contributed by atoms with van der Waals surface area (Å²) in [5.41, 5.74) is 5.43. The fraction of sp³-hybridized carbons (Fsp3) is 0.500. The highest BCUT2D eigenvalue weighted by molar-refractivity contribution is 7.89. The minimum atomic E-state index is -4.54. The Morgan fingerprint density at radius 2 is 2.08 bits per heavy atom. The lowest BCUT2D eigenvalue weighted by Crippen LogP contribution is -2.40. The van der Waals surface area contributed by atoms with Gasteiger partial charge in [0.05, 0.1) is 4.90 Å². The summed E-state index contributed by atoms with van der Waals surface area (Å²) >= 11 is 0. The molecule has 1 aromatic rings. The van der Waals surface area contributed by atoms with Crippen LogP contribution in [0.15, 0.2) is 29.2 Å². The Bertz CT molecular complexity index is 707. The highest BCUT2D eigenvalue weighted by atomic mass is 32.2. The molecule has 24 heavy (non-hydrogen) atoms. The van der Waals surface area contributed by atoms with Gasteiger partial charge in [0.15, 0.2) is 0 Å². The zero-order valence-electron chi connectivity index (χ0n) is 12.7. The number of rotatable bonds is 5. The molecule has 1 heterocycles. The van der Waals surface area contributed by atoms with Gasteiger partial charge in [0.25, 0.3) is 5.91 Å². The number of hydrogen-bond donors (Lipinski definition) is 2. The molecular formula is C14H18F3N3O3S. The van der Waals surface area contributed by atoms with E-state index < -0.39 is 28.7 Å². The number of carbonyl (C=O) groups excluding carboxylic acids is 1. The molecule has 1 fully saturated rings. The Balaban J connectivity index is 2.22. The van der Waals surface area contributed by atoms with Gasteiger partial charge in [0, 0.05) is 24.7 Å². The minimum Gasteiger partial charge on any atom is -0.343 e. The molecule has 0 aliphatic carbocycles. The van der Waals surface area contributed by atoms with E-state index in [9.17, 15) is 26.4 Å². The topological polar surface area (TPSA) is 92.5 Å². The molecule has 0 aromatic heterocycles. The first-order chi connectivity index (χ1) is 11.1. The van der Waals surface area contributed by atoms with Gasteiger partial charge in [0.2, 0.25) is 10.0 Å². The van der Waals surface area contributed by atoms with E-state index in [2.05, 4.69) is 0 Å². The van der Waals surface area contributed by atoms with Crippen molar-refractivity contribution in [3.63, 3.8) is 0 Å². The van der Waals surface area contributed by atoms with Gasteiger partial charge in [-0.05, 0) is 31.0 Å². The largest absolute Gasteiger partial charge is 0.405 e. The van der Waals surface area contributed by atoms with Crippen LogP contribution in [0, 0.1) is 0 Å². The normalized spacial score (nSPS) is 19.4. The average molecular weight is 365 g/mol. The number of amides is 1. The third kappa shape index (κ3) is 4.25. The van der Waals surface area contributed by atoms with Crippen LogP contribution in [0.5, 0.6) is 0 Å². The molecule has 0 spiro atoms. The van der Waals surface area contributed by atoms with Crippen molar-refractivity contribution in [1.82, 2.24) is 9.62 Å². The number of halogens is 3. The Morgan fingerprint density at radius 1 is 1.38 bits per heavy atom. The van der Waals surface area contributed by atoms with Gasteiger partial charge in [-0.15, -0.1) is 0 Å². The number of nitrogens with two attached hydrogens (primary N) is 1. The van der Waals surface area contributed by atoms with Crippen molar-refractivity contribution in [2.75, 3.05) is 19.6 Å². The summed E-state index contributed by atoms with van der Waals surface area (Å²) in [4.78, 5) is 11.6. The number of carbonyl (C=O) groups is 1. The molecule has 10 heteroatoms. The molecule has 1 unspecified atom stereocenters. The molecule has 1 amide bonds. The lowest BCUT2D eigenvalue weighted by molar-refractivity contribution is -0.123. The molecule has 6 nitrogen and oxygen atoms in total. The third-order valence-corrected chi connectivity index (χ3v) is 5.70. The van der Waals surface area contributed by atoms with Gasteiger partial charge in [-0.1, -0.05) is 6.07 Å². The quantitative estimate of drug-likeness (QED) is 0.817. The molecule has 0 radical (unpaired) electrons. The molecule has 1 aromatic carbocycles. The maximum absolute atomic E-state index is 12.7. The molecule has 1 saturated heterocycles.